The SMILES string of the molecule is COc1cc(C)ccc1C(O)Cc1c(Cl)cccc1Cl. The van der Waals surface area contributed by atoms with Gasteiger partial charge in [-0.2, -0.15) is 0 Å². The second kappa shape index (κ2) is 6.49. The van der Waals surface area contributed by atoms with E-state index in [1.807, 2.05) is 25.1 Å². The molecule has 0 aliphatic heterocycles. The third kappa shape index (κ3) is 3.26. The molecule has 106 valence electrons. The molecule has 2 aromatic carbocycles. The normalized spacial score (nSPS) is 12.2. The Morgan fingerprint density at radius 2 is 1.80 bits per heavy atom. The minimum absolute atomic E-state index is 0.345. The highest BCUT2D eigenvalue weighted by atomic mass is 35.5. The van der Waals surface area contributed by atoms with Gasteiger partial charge in [0, 0.05) is 22.0 Å². The average molecular weight is 311 g/mol. The average Bonchev–Trinajstić information content (AvgIpc) is 2.42. The van der Waals surface area contributed by atoms with Gasteiger partial charge < -0.3 is 9.84 Å². The highest BCUT2D eigenvalue weighted by Gasteiger charge is 2.17. The van der Waals surface area contributed by atoms with Crippen molar-refractivity contribution in [1.82, 2.24) is 0 Å². The van der Waals surface area contributed by atoms with Gasteiger partial charge >= 0.3 is 0 Å². The van der Waals surface area contributed by atoms with Gasteiger partial charge in [-0.25, -0.2) is 0 Å². The molecule has 4 heteroatoms. The first-order valence-corrected chi connectivity index (χ1v) is 7.04. The third-order valence-electron chi connectivity index (χ3n) is 3.21. The Kier molecular flexibility index (Phi) is 4.92. The molecule has 1 N–H and O–H groups in total. The number of methoxy groups -OCH3 is 1. The van der Waals surface area contributed by atoms with Crippen molar-refractivity contribution in [2.75, 3.05) is 7.11 Å². The Bertz CT molecular complexity index is 591. The maximum Gasteiger partial charge on any atom is 0.124 e. The number of aryl methyl sites for hydroxylation is 1. The first-order chi connectivity index (χ1) is 9.52. The standard InChI is InChI=1S/C16H16Cl2O2/c1-10-6-7-11(16(8-10)20-2)15(19)9-12-13(17)4-3-5-14(12)18/h3-8,15,19H,9H2,1-2H3. The summed E-state index contributed by atoms with van der Waals surface area (Å²) in [7, 11) is 1.59. The fourth-order valence-corrected chi connectivity index (χ4v) is 2.68. The van der Waals surface area contributed by atoms with Crippen LogP contribution in [0.15, 0.2) is 36.4 Å². The van der Waals surface area contributed by atoms with Crippen LogP contribution in [-0.2, 0) is 6.42 Å². The van der Waals surface area contributed by atoms with E-state index in [0.29, 0.717) is 22.2 Å². The minimum Gasteiger partial charge on any atom is -0.496 e. The summed E-state index contributed by atoms with van der Waals surface area (Å²) < 4.78 is 5.32. The topological polar surface area (TPSA) is 29.5 Å². The zero-order chi connectivity index (χ0) is 14.7. The molecule has 0 aliphatic carbocycles. The lowest BCUT2D eigenvalue weighted by atomic mass is 9.99. The van der Waals surface area contributed by atoms with Crippen molar-refractivity contribution in [3.05, 3.63) is 63.1 Å². The Morgan fingerprint density at radius 3 is 2.40 bits per heavy atom. The quantitative estimate of drug-likeness (QED) is 0.895. The zero-order valence-corrected chi connectivity index (χ0v) is 12.9. The molecule has 2 aromatic rings. The molecule has 0 amide bonds. The van der Waals surface area contributed by atoms with Crippen molar-refractivity contribution >= 4 is 23.2 Å². The van der Waals surface area contributed by atoms with Crippen molar-refractivity contribution in [3.63, 3.8) is 0 Å². The van der Waals surface area contributed by atoms with Crippen LogP contribution in [0.3, 0.4) is 0 Å². The summed E-state index contributed by atoms with van der Waals surface area (Å²) in [4.78, 5) is 0. The van der Waals surface area contributed by atoms with Crippen molar-refractivity contribution in [2.45, 2.75) is 19.4 Å². The maximum absolute atomic E-state index is 10.4. The monoisotopic (exact) mass is 310 g/mol. The van der Waals surface area contributed by atoms with Gasteiger partial charge in [-0.1, -0.05) is 41.4 Å². The number of halogens is 2. The van der Waals surface area contributed by atoms with Crippen LogP contribution in [0.4, 0.5) is 0 Å². The third-order valence-corrected chi connectivity index (χ3v) is 3.92. The summed E-state index contributed by atoms with van der Waals surface area (Å²) in [5.74, 6) is 0.667. The number of hydrogen-bond donors (Lipinski definition) is 1. The lowest BCUT2D eigenvalue weighted by molar-refractivity contribution is 0.174. The Morgan fingerprint density at radius 1 is 1.15 bits per heavy atom. The van der Waals surface area contributed by atoms with Crippen LogP contribution in [-0.4, -0.2) is 12.2 Å². The molecule has 0 heterocycles. The zero-order valence-electron chi connectivity index (χ0n) is 11.4. The van der Waals surface area contributed by atoms with E-state index in [-0.39, 0.29) is 0 Å². The van der Waals surface area contributed by atoms with Crippen molar-refractivity contribution in [1.29, 1.82) is 0 Å². The number of benzene rings is 2. The summed E-state index contributed by atoms with van der Waals surface area (Å²) in [5, 5.41) is 11.5. The van der Waals surface area contributed by atoms with Crippen LogP contribution in [0.25, 0.3) is 0 Å². The highest BCUT2D eigenvalue weighted by molar-refractivity contribution is 6.36. The van der Waals surface area contributed by atoms with Crippen LogP contribution in [0.2, 0.25) is 10.0 Å². The molecule has 0 radical (unpaired) electrons. The van der Waals surface area contributed by atoms with Gasteiger partial charge in [0.05, 0.1) is 13.2 Å². The van der Waals surface area contributed by atoms with Crippen LogP contribution in [0, 0.1) is 6.92 Å². The first kappa shape index (κ1) is 15.2. The molecule has 0 fully saturated rings. The number of rotatable bonds is 4. The fraction of sp³-hybridized carbons (Fsp3) is 0.250. The van der Waals surface area contributed by atoms with Crippen LogP contribution in [0.5, 0.6) is 5.75 Å². The van der Waals surface area contributed by atoms with Gasteiger partial charge in [0.15, 0.2) is 0 Å². The number of hydrogen-bond acceptors (Lipinski definition) is 2. The van der Waals surface area contributed by atoms with E-state index in [1.54, 1.807) is 25.3 Å². The Balaban J connectivity index is 2.31. The van der Waals surface area contributed by atoms with E-state index in [0.717, 1.165) is 16.7 Å². The van der Waals surface area contributed by atoms with Gasteiger partial charge in [0.25, 0.3) is 0 Å². The van der Waals surface area contributed by atoms with Gasteiger partial charge in [0.1, 0.15) is 5.75 Å². The fourth-order valence-electron chi connectivity index (χ4n) is 2.12. The minimum atomic E-state index is -0.719. The molecule has 0 saturated heterocycles. The van der Waals surface area contributed by atoms with Crippen LogP contribution >= 0.6 is 23.2 Å². The smallest absolute Gasteiger partial charge is 0.124 e. The molecule has 0 bridgehead atoms. The summed E-state index contributed by atoms with van der Waals surface area (Å²) in [5.41, 5.74) is 2.55. The van der Waals surface area contributed by atoms with Crippen LogP contribution in [0.1, 0.15) is 22.8 Å². The molecule has 1 atom stereocenters. The molecule has 0 aromatic heterocycles. The highest BCUT2D eigenvalue weighted by Crippen LogP contribution is 2.33. The molecular formula is C16H16Cl2O2. The van der Waals surface area contributed by atoms with Gasteiger partial charge in [-0.05, 0) is 36.2 Å². The maximum atomic E-state index is 10.4. The summed E-state index contributed by atoms with van der Waals surface area (Å²) >= 11 is 12.3. The van der Waals surface area contributed by atoms with Crippen molar-refractivity contribution < 1.29 is 9.84 Å². The van der Waals surface area contributed by atoms with E-state index < -0.39 is 6.10 Å². The molecule has 1 unspecified atom stereocenters. The Labute approximate surface area is 128 Å². The van der Waals surface area contributed by atoms with Gasteiger partial charge in [-0.3, -0.25) is 0 Å². The first-order valence-electron chi connectivity index (χ1n) is 6.28. The molecule has 0 aliphatic rings. The molecular weight excluding hydrogens is 295 g/mol. The lowest BCUT2D eigenvalue weighted by Crippen LogP contribution is -2.05. The summed E-state index contributed by atoms with van der Waals surface area (Å²) in [6.07, 6.45) is -0.374. The summed E-state index contributed by atoms with van der Waals surface area (Å²) in [6, 6.07) is 11.0. The second-order valence-corrected chi connectivity index (χ2v) is 5.48. The second-order valence-electron chi connectivity index (χ2n) is 4.67. The van der Waals surface area contributed by atoms with Gasteiger partial charge in [-0.15, -0.1) is 0 Å². The van der Waals surface area contributed by atoms with Gasteiger partial charge in [0.2, 0.25) is 0 Å². The number of ether oxygens (including phenoxy) is 1. The molecule has 0 spiro atoms. The van der Waals surface area contributed by atoms with E-state index >= 15 is 0 Å². The van der Waals surface area contributed by atoms with E-state index in [4.69, 9.17) is 27.9 Å². The van der Waals surface area contributed by atoms with Crippen LogP contribution < -0.4 is 4.74 Å². The predicted octanol–water partition coefficient (Wildman–Crippen LogP) is 4.59. The van der Waals surface area contributed by atoms with E-state index in [9.17, 15) is 5.11 Å². The van der Waals surface area contributed by atoms with E-state index in [2.05, 4.69) is 0 Å². The predicted molar refractivity (Wildman–Crippen MR) is 82.9 cm³/mol. The molecule has 0 saturated carbocycles. The molecule has 2 rings (SSSR count). The number of aliphatic hydroxyl groups excluding tert-OH is 1. The Hall–Kier alpha value is -1.22. The molecule has 2 nitrogen and oxygen atoms in total. The summed E-state index contributed by atoms with van der Waals surface area (Å²) in [6.45, 7) is 1.98. The molecule has 20 heavy (non-hydrogen) atoms. The van der Waals surface area contributed by atoms with E-state index in [1.165, 1.54) is 0 Å². The largest absolute Gasteiger partial charge is 0.496 e. The number of aliphatic hydroxyl groups is 1. The lowest BCUT2D eigenvalue weighted by Gasteiger charge is -2.17. The van der Waals surface area contributed by atoms with Crippen molar-refractivity contribution in [2.24, 2.45) is 0 Å². The van der Waals surface area contributed by atoms with Crippen molar-refractivity contribution in [3.8, 4) is 5.75 Å².